The van der Waals surface area contributed by atoms with Crippen LogP contribution in [0.1, 0.15) is 29.3 Å². The molecule has 3 aromatic carbocycles. The smallest absolute Gasteiger partial charge is 0.134 e. The number of halogens is 2. The van der Waals surface area contributed by atoms with E-state index in [0.717, 1.165) is 23.0 Å². The molecule has 0 bridgehead atoms. The molecule has 0 spiro atoms. The van der Waals surface area contributed by atoms with Crippen molar-refractivity contribution in [3.63, 3.8) is 0 Å². The maximum Gasteiger partial charge on any atom is 0.134 e. The van der Waals surface area contributed by atoms with E-state index in [1.165, 1.54) is 22.8 Å². The average molecular weight is 408 g/mol. The second-order valence-corrected chi connectivity index (χ2v) is 7.79. The molecule has 0 radical (unpaired) electrons. The van der Waals surface area contributed by atoms with Gasteiger partial charge in [0.1, 0.15) is 11.6 Å². The summed E-state index contributed by atoms with van der Waals surface area (Å²) in [5.74, 6) is 0.173. The normalized spacial score (nSPS) is 11.2. The molecule has 0 aliphatic rings. The van der Waals surface area contributed by atoms with Crippen molar-refractivity contribution in [1.82, 2.24) is 4.98 Å². The van der Waals surface area contributed by atoms with Crippen molar-refractivity contribution in [2.24, 2.45) is 0 Å². The number of ether oxygens (including phenoxy) is 1. The molecule has 1 heterocycles. The van der Waals surface area contributed by atoms with E-state index in [4.69, 9.17) is 16.3 Å². The Bertz CT molecular complexity index is 1200. The first kappa shape index (κ1) is 19.5. The molecule has 0 aliphatic heterocycles. The van der Waals surface area contributed by atoms with Crippen LogP contribution in [-0.2, 0) is 6.42 Å². The fourth-order valence-corrected chi connectivity index (χ4v) is 3.89. The summed E-state index contributed by atoms with van der Waals surface area (Å²) in [6, 6.07) is 17.3. The summed E-state index contributed by atoms with van der Waals surface area (Å²) in [6.45, 7) is 6.61. The lowest BCUT2D eigenvalue weighted by Gasteiger charge is -2.09. The monoisotopic (exact) mass is 407 g/mol. The largest absolute Gasteiger partial charge is 0.494 e. The van der Waals surface area contributed by atoms with Crippen molar-refractivity contribution < 1.29 is 9.13 Å². The van der Waals surface area contributed by atoms with Gasteiger partial charge >= 0.3 is 0 Å². The Balaban J connectivity index is 1.69. The Morgan fingerprint density at radius 3 is 2.48 bits per heavy atom. The van der Waals surface area contributed by atoms with E-state index in [0.29, 0.717) is 28.5 Å². The van der Waals surface area contributed by atoms with Crippen LogP contribution in [0.15, 0.2) is 54.6 Å². The van der Waals surface area contributed by atoms with Crippen LogP contribution in [0.3, 0.4) is 0 Å². The number of H-pyrrole nitrogens is 1. The van der Waals surface area contributed by atoms with E-state index in [-0.39, 0.29) is 5.82 Å². The first-order chi connectivity index (χ1) is 13.9. The second kappa shape index (κ2) is 7.92. The number of fused-ring (bicyclic) bond motifs is 1. The predicted octanol–water partition coefficient (Wildman–Crippen LogP) is 7.23. The molecule has 4 aromatic rings. The van der Waals surface area contributed by atoms with Gasteiger partial charge < -0.3 is 9.72 Å². The second-order valence-electron chi connectivity index (χ2n) is 7.38. The maximum absolute atomic E-state index is 14.7. The summed E-state index contributed by atoms with van der Waals surface area (Å²) in [7, 11) is 0. The standard InChI is InChI=1S/C25H23ClFNO/c1-4-29-20-7-8-21(24(27)13-20)22-12-18-11-19(28-25(18)14-23(22)26)10-17-6-5-15(2)16(3)9-17/h5-9,11-14,28H,4,10H2,1-3H3. The Hall–Kier alpha value is -2.78. The van der Waals surface area contributed by atoms with E-state index in [9.17, 15) is 4.39 Å². The molecule has 1 N–H and O–H groups in total. The fraction of sp³-hybridized carbons (Fsp3) is 0.200. The van der Waals surface area contributed by atoms with Gasteiger partial charge in [-0.25, -0.2) is 4.39 Å². The zero-order valence-corrected chi connectivity index (χ0v) is 17.5. The first-order valence-electron chi connectivity index (χ1n) is 9.74. The van der Waals surface area contributed by atoms with Crippen LogP contribution in [0.4, 0.5) is 4.39 Å². The van der Waals surface area contributed by atoms with Crippen molar-refractivity contribution in [3.8, 4) is 16.9 Å². The highest BCUT2D eigenvalue weighted by atomic mass is 35.5. The molecular weight excluding hydrogens is 385 g/mol. The quantitative estimate of drug-likeness (QED) is 0.370. The average Bonchev–Trinajstić information content (AvgIpc) is 3.06. The number of hydrogen-bond donors (Lipinski definition) is 1. The minimum Gasteiger partial charge on any atom is -0.494 e. The molecular formula is C25H23ClFNO. The van der Waals surface area contributed by atoms with Gasteiger partial charge in [0.15, 0.2) is 0 Å². The van der Waals surface area contributed by atoms with Gasteiger partial charge in [-0.3, -0.25) is 0 Å². The summed E-state index contributed by atoms with van der Waals surface area (Å²) in [5, 5.41) is 1.52. The van der Waals surface area contributed by atoms with Crippen LogP contribution in [-0.4, -0.2) is 11.6 Å². The maximum atomic E-state index is 14.7. The molecule has 0 saturated heterocycles. The number of hydrogen-bond acceptors (Lipinski definition) is 1. The molecule has 0 atom stereocenters. The van der Waals surface area contributed by atoms with Gasteiger partial charge in [-0.2, -0.15) is 0 Å². The molecule has 148 valence electrons. The van der Waals surface area contributed by atoms with E-state index in [2.05, 4.69) is 43.1 Å². The SMILES string of the molecule is CCOc1ccc(-c2cc3cc(Cc4ccc(C)c(C)c4)[nH]c3cc2Cl)c(F)c1. The van der Waals surface area contributed by atoms with Crippen LogP contribution in [0, 0.1) is 19.7 Å². The molecule has 4 rings (SSSR count). The van der Waals surface area contributed by atoms with Gasteiger partial charge in [0.05, 0.1) is 11.6 Å². The highest BCUT2D eigenvalue weighted by molar-refractivity contribution is 6.34. The Labute approximate surface area is 175 Å². The number of benzene rings is 3. The number of nitrogens with one attached hydrogen (secondary N) is 1. The Kier molecular flexibility index (Phi) is 5.33. The van der Waals surface area contributed by atoms with E-state index in [1.54, 1.807) is 12.1 Å². The molecule has 0 unspecified atom stereocenters. The van der Waals surface area contributed by atoms with Crippen molar-refractivity contribution in [2.75, 3.05) is 6.61 Å². The summed E-state index contributed by atoms with van der Waals surface area (Å²) < 4.78 is 20.0. The van der Waals surface area contributed by atoms with Gasteiger partial charge in [-0.1, -0.05) is 29.8 Å². The van der Waals surface area contributed by atoms with Gasteiger partial charge in [0.25, 0.3) is 0 Å². The molecule has 0 aliphatic carbocycles. The zero-order chi connectivity index (χ0) is 20.5. The molecule has 4 heteroatoms. The third-order valence-electron chi connectivity index (χ3n) is 5.27. The predicted molar refractivity (Wildman–Crippen MR) is 119 cm³/mol. The topological polar surface area (TPSA) is 25.0 Å². The van der Waals surface area contributed by atoms with E-state index >= 15 is 0 Å². The lowest BCUT2D eigenvalue weighted by atomic mass is 10.0. The first-order valence-corrected chi connectivity index (χ1v) is 10.1. The number of aromatic amines is 1. The molecule has 1 aromatic heterocycles. The zero-order valence-electron chi connectivity index (χ0n) is 16.8. The van der Waals surface area contributed by atoms with Crippen LogP contribution in [0.5, 0.6) is 5.75 Å². The Morgan fingerprint density at radius 1 is 0.931 bits per heavy atom. The van der Waals surface area contributed by atoms with Gasteiger partial charge in [-0.15, -0.1) is 0 Å². The minimum absolute atomic E-state index is 0.344. The van der Waals surface area contributed by atoms with Crippen molar-refractivity contribution in [3.05, 3.63) is 87.8 Å². The Morgan fingerprint density at radius 2 is 1.76 bits per heavy atom. The number of aromatic nitrogens is 1. The van der Waals surface area contributed by atoms with Crippen LogP contribution in [0.2, 0.25) is 5.02 Å². The molecule has 29 heavy (non-hydrogen) atoms. The van der Waals surface area contributed by atoms with Crippen molar-refractivity contribution in [2.45, 2.75) is 27.2 Å². The molecule has 2 nitrogen and oxygen atoms in total. The summed E-state index contributed by atoms with van der Waals surface area (Å²) in [6.07, 6.45) is 0.806. The third kappa shape index (κ3) is 4.01. The minimum atomic E-state index is -0.344. The van der Waals surface area contributed by atoms with Crippen molar-refractivity contribution >= 4 is 22.5 Å². The lowest BCUT2D eigenvalue weighted by molar-refractivity contribution is 0.338. The molecule has 0 amide bonds. The van der Waals surface area contributed by atoms with Crippen LogP contribution < -0.4 is 4.74 Å². The van der Waals surface area contributed by atoms with Gasteiger partial charge in [0.2, 0.25) is 0 Å². The highest BCUT2D eigenvalue weighted by Gasteiger charge is 2.13. The number of rotatable bonds is 5. The third-order valence-corrected chi connectivity index (χ3v) is 5.58. The van der Waals surface area contributed by atoms with E-state index < -0.39 is 0 Å². The summed E-state index contributed by atoms with van der Waals surface area (Å²) >= 11 is 6.50. The fourth-order valence-electron chi connectivity index (χ4n) is 3.62. The summed E-state index contributed by atoms with van der Waals surface area (Å²) in [4.78, 5) is 3.44. The van der Waals surface area contributed by atoms with Crippen molar-refractivity contribution in [1.29, 1.82) is 0 Å². The lowest BCUT2D eigenvalue weighted by Crippen LogP contribution is -1.93. The van der Waals surface area contributed by atoms with Crippen LogP contribution >= 0.6 is 11.6 Å². The summed E-state index contributed by atoms with van der Waals surface area (Å²) in [5.41, 5.74) is 7.03. The molecule has 0 fully saturated rings. The van der Waals surface area contributed by atoms with Gasteiger partial charge in [-0.05, 0) is 67.8 Å². The highest BCUT2D eigenvalue weighted by Crippen LogP contribution is 2.35. The van der Waals surface area contributed by atoms with Gasteiger partial charge in [0, 0.05) is 40.2 Å². The molecule has 0 saturated carbocycles. The number of aryl methyl sites for hydroxylation is 2. The van der Waals surface area contributed by atoms with Crippen LogP contribution in [0.25, 0.3) is 22.0 Å². The van der Waals surface area contributed by atoms with E-state index in [1.807, 2.05) is 19.1 Å².